The normalized spacial score (nSPS) is 11.6. The van der Waals surface area contributed by atoms with E-state index in [0.29, 0.717) is 11.3 Å². The predicted octanol–water partition coefficient (Wildman–Crippen LogP) is 3.83. The lowest BCUT2D eigenvalue weighted by Crippen LogP contribution is -2.31. The maximum absolute atomic E-state index is 14.3. The molecular weight excluding hydrogens is 419 g/mol. The first kappa shape index (κ1) is 20.8. The Morgan fingerprint density at radius 1 is 1.10 bits per heavy atom. The average molecular weight is 441 g/mol. The third-order valence-corrected chi connectivity index (χ3v) is 6.83. The van der Waals surface area contributed by atoms with Crippen LogP contribution in [0, 0.1) is 5.82 Å². The third kappa shape index (κ3) is 3.96. The number of anilines is 1. The van der Waals surface area contributed by atoms with Crippen LogP contribution in [0.25, 0.3) is 5.65 Å². The molecule has 2 aromatic heterocycles. The maximum atomic E-state index is 14.3. The maximum Gasteiger partial charge on any atom is 0.268 e. The number of halogens is 1. The Kier molecular flexibility index (Phi) is 5.60. The number of ether oxygens (including phenoxy) is 1. The van der Waals surface area contributed by atoms with Gasteiger partial charge in [0.2, 0.25) is 0 Å². The number of benzene rings is 2. The van der Waals surface area contributed by atoms with E-state index in [1.165, 1.54) is 40.3 Å². The van der Waals surface area contributed by atoms with E-state index < -0.39 is 15.8 Å². The van der Waals surface area contributed by atoms with Crippen LogP contribution < -0.4 is 9.04 Å². The molecule has 0 aliphatic carbocycles. The summed E-state index contributed by atoms with van der Waals surface area (Å²) < 4.78 is 49.5. The quantitative estimate of drug-likeness (QED) is 0.437. The van der Waals surface area contributed by atoms with Crippen molar-refractivity contribution >= 4 is 21.4 Å². The lowest BCUT2D eigenvalue weighted by molar-refractivity contribution is 0.386. The molecule has 0 N–H and O–H groups in total. The van der Waals surface area contributed by atoms with Gasteiger partial charge in [-0.3, -0.25) is 8.71 Å². The highest BCUT2D eigenvalue weighted by Gasteiger charge is 2.28. The zero-order valence-electron chi connectivity index (χ0n) is 17.1. The molecule has 0 bridgehead atoms. The lowest BCUT2D eigenvalue weighted by Gasteiger charge is -2.25. The molecule has 2 heterocycles. The van der Waals surface area contributed by atoms with Crippen LogP contribution in [0.15, 0.2) is 72.0 Å². The Labute approximate surface area is 179 Å². The van der Waals surface area contributed by atoms with Crippen molar-refractivity contribution in [1.82, 2.24) is 14.6 Å². The summed E-state index contributed by atoms with van der Waals surface area (Å²) in [4.78, 5) is 0.0149. The molecular formula is C22H21FN4O3S. The Bertz CT molecular complexity index is 1320. The number of hydrogen-bond donors (Lipinski definition) is 0. The molecule has 0 radical (unpaired) electrons. The number of rotatable bonds is 7. The van der Waals surface area contributed by atoms with Crippen molar-refractivity contribution in [3.05, 3.63) is 84.1 Å². The topological polar surface area (TPSA) is 76.8 Å². The number of aromatic nitrogens is 3. The van der Waals surface area contributed by atoms with Gasteiger partial charge in [0, 0.05) is 6.20 Å². The molecule has 0 fully saturated rings. The van der Waals surface area contributed by atoms with Gasteiger partial charge in [-0.1, -0.05) is 25.1 Å². The van der Waals surface area contributed by atoms with Crippen LogP contribution in [-0.2, 0) is 23.0 Å². The molecule has 160 valence electrons. The van der Waals surface area contributed by atoms with Crippen molar-refractivity contribution in [1.29, 1.82) is 0 Å². The van der Waals surface area contributed by atoms with E-state index >= 15 is 0 Å². The molecule has 0 amide bonds. The van der Waals surface area contributed by atoms with Gasteiger partial charge in [0.1, 0.15) is 11.2 Å². The Balaban J connectivity index is 1.83. The molecule has 0 atom stereocenters. The highest BCUT2D eigenvalue weighted by atomic mass is 32.2. The summed E-state index contributed by atoms with van der Waals surface area (Å²) >= 11 is 0. The van der Waals surface area contributed by atoms with Crippen molar-refractivity contribution in [2.24, 2.45) is 0 Å². The van der Waals surface area contributed by atoms with Crippen molar-refractivity contribution in [3.63, 3.8) is 0 Å². The van der Waals surface area contributed by atoms with Crippen molar-refractivity contribution < 1.29 is 17.5 Å². The van der Waals surface area contributed by atoms with Crippen LogP contribution in [0.3, 0.4) is 0 Å². The predicted molar refractivity (Wildman–Crippen MR) is 115 cm³/mol. The van der Waals surface area contributed by atoms with E-state index in [4.69, 9.17) is 4.74 Å². The van der Waals surface area contributed by atoms with Crippen molar-refractivity contribution in [2.45, 2.75) is 24.8 Å². The minimum Gasteiger partial charge on any atom is -0.494 e. The summed E-state index contributed by atoms with van der Waals surface area (Å²) in [6.45, 7) is 1.96. The summed E-state index contributed by atoms with van der Waals surface area (Å²) in [5.41, 5.74) is 2.25. The molecule has 0 unspecified atom stereocenters. The van der Waals surface area contributed by atoms with Crippen molar-refractivity contribution in [2.75, 3.05) is 11.4 Å². The van der Waals surface area contributed by atoms with Gasteiger partial charge in [0.25, 0.3) is 10.0 Å². The molecule has 0 aliphatic rings. The number of fused-ring (bicyclic) bond motifs is 1. The molecule has 9 heteroatoms. The fourth-order valence-electron chi connectivity index (χ4n) is 3.33. The van der Waals surface area contributed by atoms with Gasteiger partial charge in [-0.15, -0.1) is 10.2 Å². The summed E-state index contributed by atoms with van der Waals surface area (Å²) in [6.07, 6.45) is 3.94. The Morgan fingerprint density at radius 3 is 2.52 bits per heavy atom. The monoisotopic (exact) mass is 440 g/mol. The van der Waals surface area contributed by atoms with E-state index in [-0.39, 0.29) is 22.8 Å². The smallest absolute Gasteiger partial charge is 0.268 e. The summed E-state index contributed by atoms with van der Waals surface area (Å²) in [6, 6.07) is 14.8. The van der Waals surface area contributed by atoms with E-state index in [1.54, 1.807) is 30.5 Å². The second kappa shape index (κ2) is 8.35. The number of methoxy groups -OCH3 is 1. The molecule has 0 spiro atoms. The molecule has 7 nitrogen and oxygen atoms in total. The van der Waals surface area contributed by atoms with Crippen LogP contribution in [0.5, 0.6) is 5.75 Å². The first-order chi connectivity index (χ1) is 14.9. The lowest BCUT2D eigenvalue weighted by atomic mass is 10.1. The molecule has 0 saturated carbocycles. The number of hydrogen-bond acceptors (Lipinski definition) is 5. The molecule has 31 heavy (non-hydrogen) atoms. The average Bonchev–Trinajstić information content (AvgIpc) is 3.26. The molecule has 0 saturated heterocycles. The Hall–Kier alpha value is -3.46. The summed E-state index contributed by atoms with van der Waals surface area (Å²) in [5, 5.41) is 7.77. The molecule has 4 rings (SSSR count). The fourth-order valence-corrected chi connectivity index (χ4v) is 4.92. The second-order valence-corrected chi connectivity index (χ2v) is 8.77. The fraction of sp³-hybridized carbons (Fsp3) is 0.182. The van der Waals surface area contributed by atoms with Gasteiger partial charge in [0.15, 0.2) is 17.2 Å². The van der Waals surface area contributed by atoms with Gasteiger partial charge in [0.05, 0.1) is 19.3 Å². The van der Waals surface area contributed by atoms with E-state index in [9.17, 15) is 12.8 Å². The number of nitrogens with zero attached hydrogens (tertiary/aromatic N) is 4. The van der Waals surface area contributed by atoms with Gasteiger partial charge < -0.3 is 4.74 Å². The zero-order valence-corrected chi connectivity index (χ0v) is 17.9. The van der Waals surface area contributed by atoms with Crippen LogP contribution in [0.1, 0.15) is 18.1 Å². The minimum absolute atomic E-state index is 0.0149. The van der Waals surface area contributed by atoms with Gasteiger partial charge in [-0.05, 0) is 53.9 Å². The first-order valence-electron chi connectivity index (χ1n) is 9.66. The highest BCUT2D eigenvalue weighted by molar-refractivity contribution is 7.93. The number of pyridine rings is 1. The second-order valence-electron chi connectivity index (χ2n) is 6.93. The number of aryl methyl sites for hydroxylation is 1. The first-order valence-corrected chi connectivity index (χ1v) is 11.1. The van der Waals surface area contributed by atoms with E-state index in [2.05, 4.69) is 10.2 Å². The van der Waals surface area contributed by atoms with Crippen LogP contribution in [0.2, 0.25) is 0 Å². The SMILES string of the molecule is CCc1ccc(N(Cc2ccc(OC)c(F)c2)S(=O)(=O)c2cccn3cnnc23)cc1. The van der Waals surface area contributed by atoms with Crippen LogP contribution in [-0.4, -0.2) is 30.1 Å². The molecule has 2 aromatic carbocycles. The molecule has 4 aromatic rings. The summed E-state index contributed by atoms with van der Waals surface area (Å²) in [5.74, 6) is -0.461. The van der Waals surface area contributed by atoms with Gasteiger partial charge in [-0.2, -0.15) is 0 Å². The van der Waals surface area contributed by atoms with E-state index in [1.807, 2.05) is 19.1 Å². The number of sulfonamides is 1. The zero-order chi connectivity index (χ0) is 22.0. The minimum atomic E-state index is -4.04. The standard InChI is InChI=1S/C22H21FN4O3S/c1-3-16-6-9-18(10-7-16)27(14-17-8-11-20(30-2)19(23)13-17)31(28,29)21-5-4-12-26-15-24-25-22(21)26/h4-13,15H,3,14H2,1-2H3. The molecule has 0 aliphatic heterocycles. The van der Waals surface area contributed by atoms with Crippen LogP contribution >= 0.6 is 0 Å². The van der Waals surface area contributed by atoms with E-state index in [0.717, 1.165) is 12.0 Å². The van der Waals surface area contributed by atoms with Gasteiger partial charge in [-0.25, -0.2) is 12.8 Å². The summed E-state index contributed by atoms with van der Waals surface area (Å²) in [7, 11) is -2.66. The van der Waals surface area contributed by atoms with Gasteiger partial charge >= 0.3 is 0 Å². The van der Waals surface area contributed by atoms with Crippen molar-refractivity contribution in [3.8, 4) is 5.75 Å². The highest BCUT2D eigenvalue weighted by Crippen LogP contribution is 2.29. The van der Waals surface area contributed by atoms with Crippen LogP contribution in [0.4, 0.5) is 10.1 Å². The Morgan fingerprint density at radius 2 is 1.84 bits per heavy atom. The third-order valence-electron chi connectivity index (χ3n) is 5.03. The largest absolute Gasteiger partial charge is 0.494 e.